The van der Waals surface area contributed by atoms with Crippen LogP contribution in [0.25, 0.3) is 6.08 Å². The molecule has 0 unspecified atom stereocenters. The molecule has 2 aromatic rings. The lowest BCUT2D eigenvalue weighted by Crippen LogP contribution is -2.09. The SMILES string of the molecule is Cc1ccc(C=CC(=O)Nc2c(C)cc(C)cc2Cl)cc1. The molecule has 0 aliphatic carbocycles. The third-order valence-corrected chi connectivity index (χ3v) is 3.48. The third kappa shape index (κ3) is 4.20. The number of aryl methyl sites for hydroxylation is 3. The molecule has 0 fully saturated rings. The standard InChI is InChI=1S/C18H18ClNO/c1-12-4-6-15(7-5-12)8-9-17(21)20-18-14(3)10-13(2)11-16(18)19/h4-11H,1-3H3,(H,20,21). The number of carbonyl (C=O) groups excluding carboxylic acids is 1. The monoisotopic (exact) mass is 299 g/mol. The van der Waals surface area contributed by atoms with Crippen molar-refractivity contribution >= 4 is 29.3 Å². The maximum absolute atomic E-state index is 12.0. The van der Waals surface area contributed by atoms with Gasteiger partial charge in [-0.05, 0) is 49.6 Å². The predicted molar refractivity (Wildman–Crippen MR) is 89.8 cm³/mol. The van der Waals surface area contributed by atoms with Crippen molar-refractivity contribution in [2.75, 3.05) is 5.32 Å². The minimum absolute atomic E-state index is 0.190. The molecule has 0 bridgehead atoms. The summed E-state index contributed by atoms with van der Waals surface area (Å²) in [6.07, 6.45) is 3.30. The van der Waals surface area contributed by atoms with Gasteiger partial charge >= 0.3 is 0 Å². The molecule has 21 heavy (non-hydrogen) atoms. The van der Waals surface area contributed by atoms with Gasteiger partial charge in [-0.15, -0.1) is 0 Å². The lowest BCUT2D eigenvalue weighted by Gasteiger charge is -2.10. The van der Waals surface area contributed by atoms with Gasteiger partial charge < -0.3 is 5.32 Å². The van der Waals surface area contributed by atoms with Crippen molar-refractivity contribution in [1.29, 1.82) is 0 Å². The topological polar surface area (TPSA) is 29.1 Å². The fraction of sp³-hybridized carbons (Fsp3) is 0.167. The van der Waals surface area contributed by atoms with Crippen LogP contribution in [-0.2, 0) is 4.79 Å². The van der Waals surface area contributed by atoms with Gasteiger partial charge in [0.2, 0.25) is 5.91 Å². The van der Waals surface area contributed by atoms with Gasteiger partial charge in [0, 0.05) is 6.08 Å². The first kappa shape index (κ1) is 15.3. The molecular formula is C18H18ClNO. The van der Waals surface area contributed by atoms with Crippen molar-refractivity contribution in [2.24, 2.45) is 0 Å². The zero-order chi connectivity index (χ0) is 15.4. The quantitative estimate of drug-likeness (QED) is 0.801. The van der Waals surface area contributed by atoms with Gasteiger partial charge in [0.25, 0.3) is 0 Å². The second-order valence-electron chi connectivity index (χ2n) is 5.17. The van der Waals surface area contributed by atoms with Crippen LogP contribution in [0.2, 0.25) is 5.02 Å². The van der Waals surface area contributed by atoms with E-state index in [1.807, 2.05) is 57.2 Å². The molecule has 0 aliphatic heterocycles. The average Bonchev–Trinajstić information content (AvgIpc) is 2.42. The van der Waals surface area contributed by atoms with E-state index in [2.05, 4.69) is 5.32 Å². The van der Waals surface area contributed by atoms with Crippen molar-refractivity contribution in [3.63, 3.8) is 0 Å². The van der Waals surface area contributed by atoms with Crippen LogP contribution >= 0.6 is 11.6 Å². The summed E-state index contributed by atoms with van der Waals surface area (Å²) < 4.78 is 0. The van der Waals surface area contributed by atoms with Crippen molar-refractivity contribution in [3.05, 3.63) is 69.8 Å². The van der Waals surface area contributed by atoms with Crippen LogP contribution < -0.4 is 5.32 Å². The molecule has 1 amide bonds. The smallest absolute Gasteiger partial charge is 0.248 e. The summed E-state index contributed by atoms with van der Waals surface area (Å²) in [5.74, 6) is -0.190. The Hall–Kier alpha value is -2.06. The van der Waals surface area contributed by atoms with Crippen molar-refractivity contribution < 1.29 is 4.79 Å². The third-order valence-electron chi connectivity index (χ3n) is 3.18. The molecule has 2 nitrogen and oxygen atoms in total. The number of hydrogen-bond donors (Lipinski definition) is 1. The van der Waals surface area contributed by atoms with Gasteiger partial charge in [-0.25, -0.2) is 0 Å². The van der Waals surface area contributed by atoms with Crippen LogP contribution in [0, 0.1) is 20.8 Å². The summed E-state index contributed by atoms with van der Waals surface area (Å²) in [6.45, 7) is 5.93. The van der Waals surface area contributed by atoms with Gasteiger partial charge in [-0.3, -0.25) is 4.79 Å². The Morgan fingerprint density at radius 1 is 1.05 bits per heavy atom. The summed E-state index contributed by atoms with van der Waals surface area (Å²) >= 11 is 6.17. The molecule has 0 spiro atoms. The summed E-state index contributed by atoms with van der Waals surface area (Å²) in [5.41, 5.74) is 4.88. The summed E-state index contributed by atoms with van der Waals surface area (Å²) in [6, 6.07) is 11.8. The van der Waals surface area contributed by atoms with Gasteiger partial charge in [0.15, 0.2) is 0 Å². The van der Waals surface area contributed by atoms with Gasteiger partial charge in [0.1, 0.15) is 0 Å². The lowest BCUT2D eigenvalue weighted by atomic mass is 10.1. The van der Waals surface area contributed by atoms with Crippen LogP contribution in [-0.4, -0.2) is 5.91 Å². The maximum atomic E-state index is 12.0. The molecule has 2 rings (SSSR count). The fourth-order valence-corrected chi connectivity index (χ4v) is 2.46. The number of amides is 1. The Kier molecular flexibility index (Phi) is 4.81. The first-order valence-electron chi connectivity index (χ1n) is 6.78. The Bertz CT molecular complexity index is 664. The summed E-state index contributed by atoms with van der Waals surface area (Å²) in [4.78, 5) is 12.0. The number of anilines is 1. The van der Waals surface area contributed by atoms with Crippen LogP contribution in [0.5, 0.6) is 0 Å². The Morgan fingerprint density at radius 2 is 1.71 bits per heavy atom. The highest BCUT2D eigenvalue weighted by molar-refractivity contribution is 6.34. The van der Waals surface area contributed by atoms with E-state index < -0.39 is 0 Å². The van der Waals surface area contributed by atoms with E-state index in [1.54, 1.807) is 6.08 Å². The molecule has 3 heteroatoms. The largest absolute Gasteiger partial charge is 0.321 e. The fourth-order valence-electron chi connectivity index (χ4n) is 2.09. The van der Waals surface area contributed by atoms with Gasteiger partial charge in [-0.2, -0.15) is 0 Å². The number of halogens is 1. The van der Waals surface area contributed by atoms with Gasteiger partial charge in [-0.1, -0.05) is 47.5 Å². The summed E-state index contributed by atoms with van der Waals surface area (Å²) in [7, 11) is 0. The van der Waals surface area contributed by atoms with Crippen LogP contribution in [0.1, 0.15) is 22.3 Å². The highest BCUT2D eigenvalue weighted by atomic mass is 35.5. The molecule has 0 aromatic heterocycles. The second-order valence-corrected chi connectivity index (χ2v) is 5.58. The van der Waals surface area contributed by atoms with Crippen molar-refractivity contribution in [2.45, 2.75) is 20.8 Å². The zero-order valence-electron chi connectivity index (χ0n) is 12.4. The van der Waals surface area contributed by atoms with Gasteiger partial charge in [0.05, 0.1) is 10.7 Å². The van der Waals surface area contributed by atoms with E-state index >= 15 is 0 Å². The number of benzene rings is 2. The molecule has 108 valence electrons. The van der Waals surface area contributed by atoms with E-state index in [0.717, 1.165) is 16.7 Å². The first-order valence-corrected chi connectivity index (χ1v) is 7.16. The molecule has 1 N–H and O–H groups in total. The van der Waals surface area contributed by atoms with Crippen LogP contribution in [0.15, 0.2) is 42.5 Å². The molecule has 2 aromatic carbocycles. The van der Waals surface area contributed by atoms with Crippen LogP contribution in [0.3, 0.4) is 0 Å². The number of nitrogens with one attached hydrogen (secondary N) is 1. The van der Waals surface area contributed by atoms with Crippen LogP contribution in [0.4, 0.5) is 5.69 Å². The van der Waals surface area contributed by atoms with E-state index in [-0.39, 0.29) is 5.91 Å². The normalized spacial score (nSPS) is 10.9. The molecule has 0 saturated carbocycles. The Labute approximate surface area is 130 Å². The first-order chi connectivity index (χ1) is 9.95. The maximum Gasteiger partial charge on any atom is 0.248 e. The minimum atomic E-state index is -0.190. The molecule has 0 radical (unpaired) electrons. The molecular weight excluding hydrogens is 282 g/mol. The highest BCUT2D eigenvalue weighted by Crippen LogP contribution is 2.27. The Balaban J connectivity index is 2.10. The van der Waals surface area contributed by atoms with Crippen molar-refractivity contribution in [3.8, 4) is 0 Å². The lowest BCUT2D eigenvalue weighted by molar-refractivity contribution is -0.111. The Morgan fingerprint density at radius 3 is 2.33 bits per heavy atom. The highest BCUT2D eigenvalue weighted by Gasteiger charge is 2.07. The second kappa shape index (κ2) is 6.59. The average molecular weight is 300 g/mol. The van der Waals surface area contributed by atoms with Crippen molar-refractivity contribution in [1.82, 2.24) is 0 Å². The minimum Gasteiger partial charge on any atom is -0.321 e. The molecule has 0 heterocycles. The number of carbonyl (C=O) groups is 1. The van der Waals surface area contributed by atoms with E-state index in [0.29, 0.717) is 10.7 Å². The van der Waals surface area contributed by atoms with E-state index in [4.69, 9.17) is 11.6 Å². The van der Waals surface area contributed by atoms with E-state index in [9.17, 15) is 4.79 Å². The number of rotatable bonds is 3. The molecule has 0 saturated heterocycles. The number of hydrogen-bond acceptors (Lipinski definition) is 1. The molecule has 0 aliphatic rings. The predicted octanol–water partition coefficient (Wildman–Crippen LogP) is 4.92. The van der Waals surface area contributed by atoms with E-state index in [1.165, 1.54) is 11.6 Å². The zero-order valence-corrected chi connectivity index (χ0v) is 13.2. The summed E-state index contributed by atoms with van der Waals surface area (Å²) in [5, 5.41) is 3.39. The molecule has 0 atom stereocenters.